The molecule has 0 atom stereocenters. The van der Waals surface area contributed by atoms with E-state index in [1.165, 1.54) is 12.3 Å². The molecule has 1 aromatic heterocycles. The molecule has 146 valence electrons. The first-order chi connectivity index (χ1) is 13.4. The van der Waals surface area contributed by atoms with Gasteiger partial charge in [0.15, 0.2) is 0 Å². The van der Waals surface area contributed by atoms with E-state index in [9.17, 15) is 18.0 Å². The van der Waals surface area contributed by atoms with Crippen LogP contribution in [0.1, 0.15) is 22.3 Å². The van der Waals surface area contributed by atoms with Gasteiger partial charge in [-0.1, -0.05) is 34.1 Å². The van der Waals surface area contributed by atoms with E-state index in [4.69, 9.17) is 4.74 Å². The standard InChI is InChI=1S/C20H14Br2F3NO2/c21-8-12-3-1-2-11(18(12)25)6-14-9-26-20(27)17(22)19(14)28-10-13-4-5-15(23)7-16(13)24/h1-5,7,9H,6,8,10H2,(H,26,27). The Labute approximate surface area is 175 Å². The zero-order chi connectivity index (χ0) is 20.3. The van der Waals surface area contributed by atoms with Gasteiger partial charge in [0, 0.05) is 35.1 Å². The van der Waals surface area contributed by atoms with Crippen LogP contribution in [-0.2, 0) is 18.4 Å². The summed E-state index contributed by atoms with van der Waals surface area (Å²) in [7, 11) is 0. The molecule has 0 saturated carbocycles. The molecule has 28 heavy (non-hydrogen) atoms. The summed E-state index contributed by atoms with van der Waals surface area (Å²) in [4.78, 5) is 14.5. The number of pyridine rings is 1. The lowest BCUT2D eigenvalue weighted by atomic mass is 10.0. The number of ether oxygens (including phenoxy) is 1. The third kappa shape index (κ3) is 4.50. The third-order valence-corrected chi connectivity index (χ3v) is 5.46. The van der Waals surface area contributed by atoms with Gasteiger partial charge < -0.3 is 9.72 Å². The SMILES string of the molecule is O=c1[nH]cc(Cc2cccc(CBr)c2F)c(OCc2ccc(F)cc2F)c1Br. The van der Waals surface area contributed by atoms with Crippen molar-refractivity contribution in [2.24, 2.45) is 0 Å². The van der Waals surface area contributed by atoms with Crippen molar-refractivity contribution in [3.8, 4) is 5.75 Å². The molecule has 1 heterocycles. The van der Waals surface area contributed by atoms with Crippen molar-refractivity contribution < 1.29 is 17.9 Å². The lowest BCUT2D eigenvalue weighted by molar-refractivity contribution is 0.294. The van der Waals surface area contributed by atoms with Gasteiger partial charge in [0.25, 0.3) is 5.56 Å². The maximum absolute atomic E-state index is 14.6. The highest BCUT2D eigenvalue weighted by atomic mass is 79.9. The zero-order valence-corrected chi connectivity index (χ0v) is 17.5. The molecule has 0 aliphatic carbocycles. The van der Waals surface area contributed by atoms with E-state index >= 15 is 0 Å². The van der Waals surface area contributed by atoms with Gasteiger partial charge in [-0.25, -0.2) is 13.2 Å². The van der Waals surface area contributed by atoms with Gasteiger partial charge in [-0.2, -0.15) is 0 Å². The molecule has 0 aliphatic rings. The number of halogens is 5. The first-order valence-corrected chi connectivity index (χ1v) is 10.1. The molecule has 3 aromatic rings. The molecule has 0 fully saturated rings. The van der Waals surface area contributed by atoms with Crippen LogP contribution in [-0.4, -0.2) is 4.98 Å². The molecule has 3 nitrogen and oxygen atoms in total. The van der Waals surface area contributed by atoms with Crippen LogP contribution in [0.2, 0.25) is 0 Å². The monoisotopic (exact) mass is 515 g/mol. The van der Waals surface area contributed by atoms with Crippen LogP contribution in [0, 0.1) is 17.5 Å². The molecule has 3 rings (SSSR count). The van der Waals surface area contributed by atoms with E-state index in [2.05, 4.69) is 36.8 Å². The average molecular weight is 517 g/mol. The molecule has 0 bridgehead atoms. The Morgan fingerprint density at radius 2 is 1.75 bits per heavy atom. The fourth-order valence-electron chi connectivity index (χ4n) is 2.68. The van der Waals surface area contributed by atoms with Gasteiger partial charge >= 0.3 is 0 Å². The second-order valence-electron chi connectivity index (χ2n) is 6.01. The van der Waals surface area contributed by atoms with Crippen molar-refractivity contribution in [2.75, 3.05) is 0 Å². The van der Waals surface area contributed by atoms with Gasteiger partial charge in [-0.15, -0.1) is 0 Å². The summed E-state index contributed by atoms with van der Waals surface area (Å²) in [5.41, 5.74) is 1.14. The predicted molar refractivity (Wildman–Crippen MR) is 107 cm³/mol. The molecule has 0 saturated heterocycles. The van der Waals surface area contributed by atoms with E-state index in [1.807, 2.05) is 0 Å². The number of rotatable bonds is 6. The maximum atomic E-state index is 14.6. The Bertz CT molecular complexity index is 1070. The second-order valence-corrected chi connectivity index (χ2v) is 7.36. The minimum Gasteiger partial charge on any atom is -0.487 e. The van der Waals surface area contributed by atoms with E-state index in [0.29, 0.717) is 22.0 Å². The number of benzene rings is 2. The fraction of sp³-hybridized carbons (Fsp3) is 0.150. The smallest absolute Gasteiger partial charge is 0.266 e. The van der Waals surface area contributed by atoms with Crippen LogP contribution in [0.5, 0.6) is 5.75 Å². The summed E-state index contributed by atoms with van der Waals surface area (Å²) in [6.07, 6.45) is 1.59. The molecule has 2 aromatic carbocycles. The first kappa shape index (κ1) is 20.7. The van der Waals surface area contributed by atoms with Crippen molar-refractivity contribution in [3.63, 3.8) is 0 Å². The number of H-pyrrole nitrogens is 1. The summed E-state index contributed by atoms with van der Waals surface area (Å²) in [5, 5.41) is 0.370. The quantitative estimate of drug-likeness (QED) is 0.432. The van der Waals surface area contributed by atoms with Crippen molar-refractivity contribution >= 4 is 31.9 Å². The van der Waals surface area contributed by atoms with Crippen molar-refractivity contribution in [3.05, 3.63) is 97.1 Å². The number of alkyl halides is 1. The number of hydrogen-bond donors (Lipinski definition) is 1. The molecular formula is C20H14Br2F3NO2. The van der Waals surface area contributed by atoms with Crippen LogP contribution in [0.3, 0.4) is 0 Å². The molecule has 0 radical (unpaired) electrons. The molecule has 0 spiro atoms. The minimum absolute atomic E-state index is 0.115. The lowest BCUT2D eigenvalue weighted by Crippen LogP contribution is -2.12. The second kappa shape index (κ2) is 8.96. The highest BCUT2D eigenvalue weighted by Crippen LogP contribution is 2.30. The van der Waals surface area contributed by atoms with E-state index in [0.717, 1.165) is 12.1 Å². The molecule has 0 amide bonds. The number of aromatic nitrogens is 1. The van der Waals surface area contributed by atoms with Crippen molar-refractivity contribution in [1.29, 1.82) is 0 Å². The summed E-state index contributed by atoms with van der Waals surface area (Å²) < 4.78 is 47.3. The highest BCUT2D eigenvalue weighted by Gasteiger charge is 2.16. The first-order valence-electron chi connectivity index (χ1n) is 8.19. The van der Waals surface area contributed by atoms with Gasteiger partial charge in [-0.05, 0) is 39.2 Å². The Hall–Kier alpha value is -2.06. The highest BCUT2D eigenvalue weighted by molar-refractivity contribution is 9.10. The molecular weight excluding hydrogens is 503 g/mol. The average Bonchev–Trinajstić information content (AvgIpc) is 2.67. The summed E-state index contributed by atoms with van der Waals surface area (Å²) in [6.45, 7) is -0.217. The molecule has 0 unspecified atom stereocenters. The van der Waals surface area contributed by atoms with Gasteiger partial charge in [0.2, 0.25) is 0 Å². The van der Waals surface area contributed by atoms with Crippen molar-refractivity contribution in [1.82, 2.24) is 4.98 Å². The molecule has 0 aliphatic heterocycles. The fourth-order valence-corrected chi connectivity index (χ4v) is 3.60. The lowest BCUT2D eigenvalue weighted by Gasteiger charge is -2.14. The van der Waals surface area contributed by atoms with Crippen LogP contribution >= 0.6 is 31.9 Å². The summed E-state index contributed by atoms with van der Waals surface area (Å²) >= 11 is 6.42. The Balaban J connectivity index is 1.93. The summed E-state index contributed by atoms with van der Waals surface area (Å²) in [5.74, 6) is -1.62. The summed E-state index contributed by atoms with van der Waals surface area (Å²) in [6, 6.07) is 8.20. The van der Waals surface area contributed by atoms with E-state index in [-0.39, 0.29) is 34.6 Å². The Kier molecular flexibility index (Phi) is 6.61. The number of hydrogen-bond acceptors (Lipinski definition) is 2. The number of nitrogens with one attached hydrogen (secondary N) is 1. The predicted octanol–water partition coefficient (Wildman–Crippen LogP) is 5.62. The molecule has 1 N–H and O–H groups in total. The van der Waals surface area contributed by atoms with Crippen molar-refractivity contribution in [2.45, 2.75) is 18.4 Å². The largest absolute Gasteiger partial charge is 0.487 e. The van der Waals surface area contributed by atoms with Crippen LogP contribution in [0.4, 0.5) is 13.2 Å². The maximum Gasteiger partial charge on any atom is 0.266 e. The van der Waals surface area contributed by atoms with Crippen LogP contribution in [0.25, 0.3) is 0 Å². The van der Waals surface area contributed by atoms with Gasteiger partial charge in [0.1, 0.15) is 34.3 Å². The normalized spacial score (nSPS) is 10.9. The van der Waals surface area contributed by atoms with Gasteiger partial charge in [-0.3, -0.25) is 4.79 Å². The third-order valence-electron chi connectivity index (χ3n) is 4.14. The topological polar surface area (TPSA) is 42.1 Å². The zero-order valence-electron chi connectivity index (χ0n) is 14.4. The van der Waals surface area contributed by atoms with E-state index < -0.39 is 17.2 Å². The van der Waals surface area contributed by atoms with Crippen LogP contribution < -0.4 is 10.3 Å². The molecule has 8 heteroatoms. The Morgan fingerprint density at radius 3 is 2.46 bits per heavy atom. The Morgan fingerprint density at radius 1 is 1.00 bits per heavy atom. The minimum atomic E-state index is -0.751. The van der Waals surface area contributed by atoms with E-state index in [1.54, 1.807) is 18.2 Å². The van der Waals surface area contributed by atoms with Gasteiger partial charge in [0.05, 0.1) is 0 Å². The van der Waals surface area contributed by atoms with Crippen LogP contribution in [0.15, 0.2) is 51.9 Å². The number of aromatic amines is 1.